The Balaban J connectivity index is 2.45. The predicted octanol–water partition coefficient (Wildman–Crippen LogP) is 4.12. The molecule has 0 aliphatic carbocycles. The van der Waals surface area contributed by atoms with Gasteiger partial charge in [-0.05, 0) is 17.5 Å². The second-order valence-electron chi connectivity index (χ2n) is 3.95. The molecule has 0 saturated heterocycles. The van der Waals surface area contributed by atoms with Crippen molar-refractivity contribution < 1.29 is 0 Å². The molecule has 0 atom stereocenters. The van der Waals surface area contributed by atoms with Gasteiger partial charge in [0.2, 0.25) is 0 Å². The topological polar surface area (TPSA) is 26.0 Å². The van der Waals surface area contributed by atoms with Crippen LogP contribution in [0, 0.1) is 0 Å². The van der Waals surface area contributed by atoms with Crippen molar-refractivity contribution in [2.45, 2.75) is 19.8 Å². The lowest BCUT2D eigenvalue weighted by Crippen LogP contribution is -1.82. The first-order valence-corrected chi connectivity index (χ1v) is 5.94. The van der Waals surface area contributed by atoms with E-state index in [1.165, 1.54) is 16.0 Å². The Morgan fingerprint density at radius 1 is 1.13 bits per heavy atom. The molecule has 0 saturated carbocycles. The molecule has 0 spiro atoms. The SMILES string of the molecule is CC(C)c1cc(-c2ccccc2)c(N)s1. The van der Waals surface area contributed by atoms with Crippen molar-refractivity contribution in [1.29, 1.82) is 0 Å². The second-order valence-corrected chi connectivity index (χ2v) is 5.06. The molecule has 0 unspecified atom stereocenters. The zero-order chi connectivity index (χ0) is 10.8. The molecule has 0 bridgehead atoms. The van der Waals surface area contributed by atoms with Crippen LogP contribution in [0.1, 0.15) is 24.6 Å². The Hall–Kier alpha value is -1.28. The molecule has 78 valence electrons. The van der Waals surface area contributed by atoms with E-state index in [1.807, 2.05) is 18.2 Å². The molecule has 2 aromatic rings. The van der Waals surface area contributed by atoms with Crippen LogP contribution in [0.4, 0.5) is 5.00 Å². The van der Waals surface area contributed by atoms with E-state index in [4.69, 9.17) is 5.73 Å². The summed E-state index contributed by atoms with van der Waals surface area (Å²) < 4.78 is 0. The smallest absolute Gasteiger partial charge is 0.0939 e. The fraction of sp³-hybridized carbons (Fsp3) is 0.231. The number of anilines is 1. The Morgan fingerprint density at radius 3 is 2.33 bits per heavy atom. The van der Waals surface area contributed by atoms with Crippen molar-refractivity contribution >= 4 is 16.3 Å². The van der Waals surface area contributed by atoms with Gasteiger partial charge in [0.15, 0.2) is 0 Å². The van der Waals surface area contributed by atoms with Gasteiger partial charge in [0.05, 0.1) is 5.00 Å². The molecular weight excluding hydrogens is 202 g/mol. The van der Waals surface area contributed by atoms with Gasteiger partial charge in [-0.25, -0.2) is 0 Å². The maximum Gasteiger partial charge on any atom is 0.0939 e. The molecule has 2 rings (SSSR count). The molecule has 0 aliphatic rings. The first kappa shape index (κ1) is 10.2. The summed E-state index contributed by atoms with van der Waals surface area (Å²) in [5, 5.41) is 0.921. The minimum Gasteiger partial charge on any atom is -0.390 e. The van der Waals surface area contributed by atoms with E-state index < -0.39 is 0 Å². The Kier molecular flexibility index (Phi) is 2.78. The summed E-state index contributed by atoms with van der Waals surface area (Å²) in [6.45, 7) is 4.39. The van der Waals surface area contributed by atoms with E-state index in [2.05, 4.69) is 32.0 Å². The number of thiophene rings is 1. The normalized spacial score (nSPS) is 10.9. The summed E-state index contributed by atoms with van der Waals surface area (Å²) in [5.74, 6) is 0.551. The van der Waals surface area contributed by atoms with Gasteiger partial charge in [0.25, 0.3) is 0 Å². The highest BCUT2D eigenvalue weighted by Crippen LogP contribution is 2.36. The minimum absolute atomic E-state index is 0.551. The highest BCUT2D eigenvalue weighted by Gasteiger charge is 2.09. The highest BCUT2D eigenvalue weighted by atomic mass is 32.1. The van der Waals surface area contributed by atoms with Crippen molar-refractivity contribution in [2.24, 2.45) is 0 Å². The van der Waals surface area contributed by atoms with Crippen LogP contribution in [0.5, 0.6) is 0 Å². The third-order valence-electron chi connectivity index (χ3n) is 2.43. The molecule has 1 heterocycles. The first-order chi connectivity index (χ1) is 7.18. The summed E-state index contributed by atoms with van der Waals surface area (Å²) in [7, 11) is 0. The zero-order valence-electron chi connectivity index (χ0n) is 9.03. The third-order valence-corrected chi connectivity index (χ3v) is 3.70. The molecule has 1 aromatic carbocycles. The Morgan fingerprint density at radius 2 is 1.80 bits per heavy atom. The average molecular weight is 217 g/mol. The molecule has 0 amide bonds. The highest BCUT2D eigenvalue weighted by molar-refractivity contribution is 7.16. The van der Waals surface area contributed by atoms with E-state index in [0.717, 1.165) is 5.00 Å². The van der Waals surface area contributed by atoms with Crippen LogP contribution < -0.4 is 5.73 Å². The molecule has 0 aliphatic heterocycles. The summed E-state index contributed by atoms with van der Waals surface area (Å²) in [6.07, 6.45) is 0. The van der Waals surface area contributed by atoms with Crippen molar-refractivity contribution in [2.75, 3.05) is 5.73 Å². The number of hydrogen-bond donors (Lipinski definition) is 1. The van der Waals surface area contributed by atoms with Gasteiger partial charge in [0.1, 0.15) is 0 Å². The fourth-order valence-electron chi connectivity index (χ4n) is 1.55. The molecule has 15 heavy (non-hydrogen) atoms. The van der Waals surface area contributed by atoms with Gasteiger partial charge in [0, 0.05) is 10.4 Å². The van der Waals surface area contributed by atoms with Gasteiger partial charge in [-0.3, -0.25) is 0 Å². The monoisotopic (exact) mass is 217 g/mol. The van der Waals surface area contributed by atoms with Gasteiger partial charge in [-0.15, -0.1) is 11.3 Å². The van der Waals surface area contributed by atoms with Crippen molar-refractivity contribution in [3.63, 3.8) is 0 Å². The second kappa shape index (κ2) is 4.07. The number of nitrogens with two attached hydrogens (primary N) is 1. The lowest BCUT2D eigenvalue weighted by atomic mass is 10.1. The minimum atomic E-state index is 0.551. The average Bonchev–Trinajstić information content (AvgIpc) is 2.62. The van der Waals surface area contributed by atoms with Crippen LogP contribution in [-0.4, -0.2) is 0 Å². The van der Waals surface area contributed by atoms with E-state index >= 15 is 0 Å². The van der Waals surface area contributed by atoms with Gasteiger partial charge in [-0.1, -0.05) is 44.2 Å². The van der Waals surface area contributed by atoms with Crippen molar-refractivity contribution in [3.8, 4) is 11.1 Å². The molecule has 1 aromatic heterocycles. The van der Waals surface area contributed by atoms with Gasteiger partial charge < -0.3 is 5.73 Å². The van der Waals surface area contributed by atoms with Crippen molar-refractivity contribution in [1.82, 2.24) is 0 Å². The largest absolute Gasteiger partial charge is 0.390 e. The number of hydrogen-bond acceptors (Lipinski definition) is 2. The van der Waals surface area contributed by atoms with Crippen LogP contribution >= 0.6 is 11.3 Å². The summed E-state index contributed by atoms with van der Waals surface area (Å²) in [6, 6.07) is 12.5. The quantitative estimate of drug-likeness (QED) is 0.804. The number of benzene rings is 1. The molecule has 0 radical (unpaired) electrons. The van der Waals surface area contributed by atoms with E-state index in [-0.39, 0.29) is 0 Å². The maximum absolute atomic E-state index is 6.03. The Bertz CT molecular complexity index is 443. The van der Waals surface area contributed by atoms with Gasteiger partial charge in [-0.2, -0.15) is 0 Å². The number of rotatable bonds is 2. The van der Waals surface area contributed by atoms with Crippen LogP contribution in [-0.2, 0) is 0 Å². The lowest BCUT2D eigenvalue weighted by molar-refractivity contribution is 0.890. The number of nitrogen functional groups attached to an aromatic ring is 1. The van der Waals surface area contributed by atoms with Gasteiger partial charge >= 0.3 is 0 Å². The van der Waals surface area contributed by atoms with Crippen LogP contribution in [0.15, 0.2) is 36.4 Å². The van der Waals surface area contributed by atoms with Crippen molar-refractivity contribution in [3.05, 3.63) is 41.3 Å². The maximum atomic E-state index is 6.03. The molecule has 1 nitrogen and oxygen atoms in total. The summed E-state index contributed by atoms with van der Waals surface area (Å²) in [5.41, 5.74) is 8.41. The fourth-order valence-corrected chi connectivity index (χ4v) is 2.51. The van der Waals surface area contributed by atoms with Crippen LogP contribution in [0.25, 0.3) is 11.1 Å². The summed E-state index contributed by atoms with van der Waals surface area (Å²) in [4.78, 5) is 1.35. The zero-order valence-corrected chi connectivity index (χ0v) is 9.84. The van der Waals surface area contributed by atoms with Crippen LogP contribution in [0.3, 0.4) is 0 Å². The van der Waals surface area contributed by atoms with E-state index in [0.29, 0.717) is 5.92 Å². The molecule has 2 heteroatoms. The lowest BCUT2D eigenvalue weighted by Gasteiger charge is -1.98. The van der Waals surface area contributed by atoms with Crippen LogP contribution in [0.2, 0.25) is 0 Å². The molecular formula is C13H15NS. The molecule has 0 fully saturated rings. The predicted molar refractivity (Wildman–Crippen MR) is 68.3 cm³/mol. The van der Waals surface area contributed by atoms with E-state index in [1.54, 1.807) is 11.3 Å². The third kappa shape index (κ3) is 2.05. The molecule has 2 N–H and O–H groups in total. The van der Waals surface area contributed by atoms with E-state index in [9.17, 15) is 0 Å². The standard InChI is InChI=1S/C13H15NS/c1-9(2)12-8-11(13(14)15-12)10-6-4-3-5-7-10/h3-9H,14H2,1-2H3. The Labute approximate surface area is 94.6 Å². The summed E-state index contributed by atoms with van der Waals surface area (Å²) >= 11 is 1.70. The first-order valence-electron chi connectivity index (χ1n) is 5.13.